The molecule has 1 aliphatic rings. The van der Waals surface area contributed by atoms with E-state index in [-0.39, 0.29) is 0 Å². The Labute approximate surface area is 116 Å². The first-order chi connectivity index (χ1) is 9.40. The van der Waals surface area contributed by atoms with E-state index < -0.39 is 0 Å². The number of nitrogens with zero attached hydrogens (tertiary/aromatic N) is 2. The van der Waals surface area contributed by atoms with Gasteiger partial charge in [0.15, 0.2) is 0 Å². The predicted molar refractivity (Wildman–Crippen MR) is 78.4 cm³/mol. The van der Waals surface area contributed by atoms with E-state index in [1.807, 2.05) is 12.4 Å². The zero-order chi connectivity index (χ0) is 13.3. The maximum absolute atomic E-state index is 5.09. The van der Waals surface area contributed by atoms with Crippen LogP contribution in [0.25, 0.3) is 0 Å². The molecule has 0 radical (unpaired) electrons. The van der Waals surface area contributed by atoms with Crippen molar-refractivity contribution >= 4 is 5.95 Å². The molecule has 1 saturated carbocycles. The topological polar surface area (TPSA) is 39.1 Å². The SMILES string of the molecule is COCCCn1ccnc1NCCC1CCCCC1. The van der Waals surface area contributed by atoms with Crippen LogP contribution in [0.3, 0.4) is 0 Å². The second kappa shape index (κ2) is 8.20. The van der Waals surface area contributed by atoms with Gasteiger partial charge in [-0.05, 0) is 18.8 Å². The van der Waals surface area contributed by atoms with Crippen molar-refractivity contribution in [2.75, 3.05) is 25.6 Å². The van der Waals surface area contributed by atoms with Crippen molar-refractivity contribution in [1.82, 2.24) is 9.55 Å². The molecule has 1 aromatic heterocycles. The molecule has 0 amide bonds. The maximum Gasteiger partial charge on any atom is 0.202 e. The van der Waals surface area contributed by atoms with E-state index in [0.717, 1.165) is 38.0 Å². The maximum atomic E-state index is 5.09. The van der Waals surface area contributed by atoms with Gasteiger partial charge in [-0.2, -0.15) is 0 Å². The molecule has 0 atom stereocenters. The Morgan fingerprint density at radius 2 is 2.21 bits per heavy atom. The van der Waals surface area contributed by atoms with Crippen molar-refractivity contribution in [1.29, 1.82) is 0 Å². The highest BCUT2D eigenvalue weighted by molar-refractivity contribution is 5.25. The summed E-state index contributed by atoms with van der Waals surface area (Å²) in [4.78, 5) is 4.39. The number of anilines is 1. The molecule has 108 valence electrons. The van der Waals surface area contributed by atoms with Gasteiger partial charge in [-0.25, -0.2) is 4.98 Å². The third-order valence-electron chi connectivity index (χ3n) is 4.02. The van der Waals surface area contributed by atoms with Crippen molar-refractivity contribution in [2.24, 2.45) is 5.92 Å². The molecule has 0 saturated heterocycles. The van der Waals surface area contributed by atoms with Crippen molar-refractivity contribution in [3.63, 3.8) is 0 Å². The smallest absolute Gasteiger partial charge is 0.202 e. The summed E-state index contributed by atoms with van der Waals surface area (Å²) in [6.45, 7) is 2.82. The van der Waals surface area contributed by atoms with Gasteiger partial charge in [0, 0.05) is 39.2 Å². The Balaban J connectivity index is 1.68. The van der Waals surface area contributed by atoms with Crippen molar-refractivity contribution in [3.05, 3.63) is 12.4 Å². The predicted octanol–water partition coefficient (Wildman–Crippen LogP) is 3.30. The van der Waals surface area contributed by atoms with E-state index >= 15 is 0 Å². The number of rotatable bonds is 8. The molecule has 0 aromatic carbocycles. The van der Waals surface area contributed by atoms with Crippen LogP contribution < -0.4 is 5.32 Å². The average Bonchev–Trinajstić information content (AvgIpc) is 2.88. The summed E-state index contributed by atoms with van der Waals surface area (Å²) < 4.78 is 7.27. The Hall–Kier alpha value is -1.03. The zero-order valence-corrected chi connectivity index (χ0v) is 12.1. The van der Waals surface area contributed by atoms with E-state index in [1.54, 1.807) is 7.11 Å². The number of hydrogen-bond acceptors (Lipinski definition) is 3. The first-order valence-corrected chi connectivity index (χ1v) is 7.64. The van der Waals surface area contributed by atoms with Crippen LogP contribution in [0.4, 0.5) is 5.95 Å². The van der Waals surface area contributed by atoms with E-state index in [1.165, 1.54) is 38.5 Å². The molecule has 0 aliphatic heterocycles. The van der Waals surface area contributed by atoms with Crippen LogP contribution in [-0.2, 0) is 11.3 Å². The molecule has 4 heteroatoms. The van der Waals surface area contributed by atoms with Crippen molar-refractivity contribution in [3.8, 4) is 0 Å². The minimum Gasteiger partial charge on any atom is -0.385 e. The number of hydrogen-bond donors (Lipinski definition) is 1. The Morgan fingerprint density at radius 1 is 1.37 bits per heavy atom. The third-order valence-corrected chi connectivity index (χ3v) is 4.02. The number of aryl methyl sites for hydroxylation is 1. The van der Waals surface area contributed by atoms with Crippen LogP contribution in [0, 0.1) is 5.92 Å². The lowest BCUT2D eigenvalue weighted by molar-refractivity contribution is 0.190. The van der Waals surface area contributed by atoms with Gasteiger partial charge in [-0.3, -0.25) is 0 Å². The Bertz CT molecular complexity index is 345. The van der Waals surface area contributed by atoms with Gasteiger partial charge in [-0.1, -0.05) is 32.1 Å². The van der Waals surface area contributed by atoms with Crippen molar-refractivity contribution < 1.29 is 4.74 Å². The summed E-state index contributed by atoms with van der Waals surface area (Å²) in [6, 6.07) is 0. The molecule has 1 aromatic rings. The number of nitrogens with one attached hydrogen (secondary N) is 1. The number of ether oxygens (including phenoxy) is 1. The fourth-order valence-electron chi connectivity index (χ4n) is 2.90. The Morgan fingerprint density at radius 3 is 3.00 bits per heavy atom. The summed E-state index contributed by atoms with van der Waals surface area (Å²) in [5, 5.41) is 3.48. The van der Waals surface area contributed by atoms with Gasteiger partial charge in [0.25, 0.3) is 0 Å². The molecular formula is C15H27N3O. The van der Waals surface area contributed by atoms with Gasteiger partial charge in [-0.15, -0.1) is 0 Å². The standard InChI is InChI=1S/C15H27N3O/c1-19-13-5-11-18-12-10-17-15(18)16-9-8-14-6-3-2-4-7-14/h10,12,14H,2-9,11,13H2,1H3,(H,16,17). The molecule has 1 heterocycles. The highest BCUT2D eigenvalue weighted by atomic mass is 16.5. The lowest BCUT2D eigenvalue weighted by Crippen LogP contribution is -2.14. The summed E-state index contributed by atoms with van der Waals surface area (Å²) in [5.41, 5.74) is 0. The van der Waals surface area contributed by atoms with Gasteiger partial charge in [0.05, 0.1) is 0 Å². The molecular weight excluding hydrogens is 238 g/mol. The highest BCUT2D eigenvalue weighted by Crippen LogP contribution is 2.26. The summed E-state index contributed by atoms with van der Waals surface area (Å²) >= 11 is 0. The largest absolute Gasteiger partial charge is 0.385 e. The van der Waals surface area contributed by atoms with Crippen LogP contribution >= 0.6 is 0 Å². The third kappa shape index (κ3) is 4.86. The molecule has 0 spiro atoms. The van der Waals surface area contributed by atoms with Gasteiger partial charge >= 0.3 is 0 Å². The van der Waals surface area contributed by atoms with Crippen LogP contribution in [0.15, 0.2) is 12.4 Å². The average molecular weight is 265 g/mol. The molecule has 2 rings (SSSR count). The second-order valence-corrected chi connectivity index (χ2v) is 5.51. The summed E-state index contributed by atoms with van der Waals surface area (Å²) in [5.74, 6) is 1.94. The molecule has 4 nitrogen and oxygen atoms in total. The summed E-state index contributed by atoms with van der Waals surface area (Å²) in [7, 11) is 1.75. The van der Waals surface area contributed by atoms with Crippen molar-refractivity contribution in [2.45, 2.75) is 51.5 Å². The molecule has 0 unspecified atom stereocenters. The van der Waals surface area contributed by atoms with Crippen LogP contribution in [0.5, 0.6) is 0 Å². The lowest BCUT2D eigenvalue weighted by atomic mass is 9.87. The number of imidazole rings is 1. The molecule has 0 bridgehead atoms. The first-order valence-electron chi connectivity index (χ1n) is 7.64. The minimum absolute atomic E-state index is 0.805. The van der Waals surface area contributed by atoms with Crippen LogP contribution in [0.1, 0.15) is 44.9 Å². The highest BCUT2D eigenvalue weighted by Gasteiger charge is 2.13. The van der Waals surface area contributed by atoms with E-state index in [2.05, 4.69) is 14.9 Å². The second-order valence-electron chi connectivity index (χ2n) is 5.51. The normalized spacial score (nSPS) is 16.7. The fraction of sp³-hybridized carbons (Fsp3) is 0.800. The van der Waals surface area contributed by atoms with Gasteiger partial charge in [0.2, 0.25) is 5.95 Å². The van der Waals surface area contributed by atoms with E-state index in [9.17, 15) is 0 Å². The summed E-state index contributed by atoms with van der Waals surface area (Å²) in [6.07, 6.45) is 13.4. The molecule has 1 fully saturated rings. The van der Waals surface area contributed by atoms with E-state index in [4.69, 9.17) is 4.74 Å². The number of aromatic nitrogens is 2. The van der Waals surface area contributed by atoms with Crippen LogP contribution in [-0.4, -0.2) is 29.8 Å². The quantitative estimate of drug-likeness (QED) is 0.733. The zero-order valence-electron chi connectivity index (χ0n) is 12.1. The molecule has 1 aliphatic carbocycles. The van der Waals surface area contributed by atoms with E-state index in [0.29, 0.717) is 0 Å². The first kappa shape index (κ1) is 14.4. The van der Waals surface area contributed by atoms with Gasteiger partial charge in [0.1, 0.15) is 0 Å². The molecule has 19 heavy (non-hydrogen) atoms. The minimum atomic E-state index is 0.805. The van der Waals surface area contributed by atoms with Crippen LogP contribution in [0.2, 0.25) is 0 Å². The monoisotopic (exact) mass is 265 g/mol. The Kier molecular flexibility index (Phi) is 6.21. The molecule has 1 N–H and O–H groups in total. The fourth-order valence-corrected chi connectivity index (χ4v) is 2.90. The van der Waals surface area contributed by atoms with Gasteiger partial charge < -0.3 is 14.6 Å². The lowest BCUT2D eigenvalue weighted by Gasteiger charge is -2.21. The number of methoxy groups -OCH3 is 1.